The molecule has 2 aliphatic carbocycles. The fourth-order valence-corrected chi connectivity index (χ4v) is 4.41. The van der Waals surface area contributed by atoms with Gasteiger partial charge in [-0.1, -0.05) is 38.5 Å². The molecule has 2 aromatic heterocycles. The van der Waals surface area contributed by atoms with E-state index in [1.807, 2.05) is 6.92 Å². The number of ether oxygens (including phenoxy) is 1. The fraction of sp³-hybridized carbons (Fsp3) is 0.882. The molecule has 10 heteroatoms. The summed E-state index contributed by atoms with van der Waals surface area (Å²) in [7, 11) is 0. The number of nitrogens with zero attached hydrogens (tertiary/aromatic N) is 8. The predicted octanol–water partition coefficient (Wildman–Crippen LogP) is 1.90. The van der Waals surface area contributed by atoms with Crippen molar-refractivity contribution in [2.75, 3.05) is 6.61 Å². The maximum atomic E-state index is 11.6. The van der Waals surface area contributed by atoms with Gasteiger partial charge in [0.15, 0.2) is 0 Å². The van der Waals surface area contributed by atoms with Gasteiger partial charge in [-0.2, -0.15) is 0 Å². The lowest BCUT2D eigenvalue weighted by Gasteiger charge is -2.30. The van der Waals surface area contributed by atoms with Crippen molar-refractivity contribution in [1.29, 1.82) is 0 Å². The van der Waals surface area contributed by atoms with Crippen molar-refractivity contribution in [3.05, 3.63) is 11.6 Å². The molecule has 0 aliphatic heterocycles. The summed E-state index contributed by atoms with van der Waals surface area (Å²) in [6.45, 7) is 2.11. The first-order valence-electron chi connectivity index (χ1n) is 10.2. The lowest BCUT2D eigenvalue weighted by Crippen LogP contribution is -2.39. The summed E-state index contributed by atoms with van der Waals surface area (Å²) in [5.41, 5.74) is 0. The first-order valence-corrected chi connectivity index (χ1v) is 10.2. The van der Waals surface area contributed by atoms with Gasteiger partial charge in [0.1, 0.15) is 0 Å². The number of rotatable bonds is 6. The highest BCUT2D eigenvalue weighted by Gasteiger charge is 2.46. The Morgan fingerprint density at radius 3 is 1.70 bits per heavy atom. The van der Waals surface area contributed by atoms with Gasteiger partial charge in [-0.25, -0.2) is 9.36 Å². The Bertz CT molecular complexity index is 677. The molecule has 2 heterocycles. The molecule has 2 aliphatic rings. The highest BCUT2D eigenvalue weighted by molar-refractivity contribution is 5.11. The molecule has 2 fully saturated rings. The van der Waals surface area contributed by atoms with E-state index >= 15 is 0 Å². The number of hydrogen-bond donors (Lipinski definition) is 1. The second kappa shape index (κ2) is 7.97. The zero-order valence-corrected chi connectivity index (χ0v) is 15.9. The molecule has 0 saturated heterocycles. The van der Waals surface area contributed by atoms with Crippen LogP contribution in [0.1, 0.15) is 94.9 Å². The van der Waals surface area contributed by atoms with E-state index in [9.17, 15) is 5.11 Å². The summed E-state index contributed by atoms with van der Waals surface area (Å²) in [5.74, 6) is -1.33. The zero-order chi connectivity index (χ0) is 18.7. The minimum atomic E-state index is -1.86. The molecule has 1 N–H and O–H groups in total. The Morgan fingerprint density at radius 2 is 1.30 bits per heavy atom. The van der Waals surface area contributed by atoms with Crippen LogP contribution in [0.3, 0.4) is 0 Å². The van der Waals surface area contributed by atoms with E-state index in [-0.39, 0.29) is 30.3 Å². The number of tetrazole rings is 2. The average molecular weight is 376 g/mol. The molecular formula is C17H28N8O2. The lowest BCUT2D eigenvalue weighted by molar-refractivity contribution is -0.194. The summed E-state index contributed by atoms with van der Waals surface area (Å²) >= 11 is 0. The van der Waals surface area contributed by atoms with E-state index in [0.29, 0.717) is 0 Å². The predicted molar refractivity (Wildman–Crippen MR) is 94.5 cm³/mol. The molecule has 10 nitrogen and oxygen atoms in total. The van der Waals surface area contributed by atoms with Gasteiger partial charge in [0.25, 0.3) is 5.79 Å². The van der Waals surface area contributed by atoms with Crippen LogP contribution in [0.2, 0.25) is 0 Å². The van der Waals surface area contributed by atoms with Crippen LogP contribution in [0, 0.1) is 0 Å². The molecular weight excluding hydrogens is 348 g/mol. The molecule has 0 radical (unpaired) electrons. The van der Waals surface area contributed by atoms with Crippen molar-refractivity contribution in [2.24, 2.45) is 0 Å². The van der Waals surface area contributed by atoms with E-state index < -0.39 is 5.79 Å². The van der Waals surface area contributed by atoms with Crippen molar-refractivity contribution in [3.8, 4) is 0 Å². The fourth-order valence-electron chi connectivity index (χ4n) is 4.41. The van der Waals surface area contributed by atoms with Gasteiger partial charge >= 0.3 is 0 Å². The third-order valence-corrected chi connectivity index (χ3v) is 5.79. The quantitative estimate of drug-likeness (QED) is 0.760. The van der Waals surface area contributed by atoms with Crippen LogP contribution < -0.4 is 0 Å². The second-order valence-corrected chi connectivity index (χ2v) is 7.55. The lowest BCUT2D eigenvalue weighted by atomic mass is 9.95. The minimum absolute atomic E-state index is 0.162. The van der Waals surface area contributed by atoms with Crippen LogP contribution in [0.4, 0.5) is 0 Å². The Labute approximate surface area is 158 Å². The summed E-state index contributed by atoms with van der Waals surface area (Å²) in [4.78, 5) is 0. The van der Waals surface area contributed by atoms with Gasteiger partial charge in [0.2, 0.25) is 11.6 Å². The van der Waals surface area contributed by atoms with Crippen LogP contribution in [0.25, 0.3) is 0 Å². The number of aromatic nitrogens is 8. The molecule has 148 valence electrons. The van der Waals surface area contributed by atoms with Crippen LogP contribution in [0.5, 0.6) is 0 Å². The largest absolute Gasteiger partial charge is 0.353 e. The van der Waals surface area contributed by atoms with Crippen molar-refractivity contribution in [1.82, 2.24) is 40.4 Å². The van der Waals surface area contributed by atoms with Crippen LogP contribution in [0.15, 0.2) is 0 Å². The van der Waals surface area contributed by atoms with Crippen molar-refractivity contribution in [3.63, 3.8) is 0 Å². The van der Waals surface area contributed by atoms with Gasteiger partial charge < -0.3 is 9.84 Å². The Hall–Kier alpha value is -1.94. The molecule has 0 atom stereocenters. The summed E-state index contributed by atoms with van der Waals surface area (Å²) in [5, 5.41) is 35.9. The average Bonchev–Trinajstić information content (AvgIpc) is 3.40. The van der Waals surface area contributed by atoms with Crippen LogP contribution in [-0.2, 0) is 10.5 Å². The maximum absolute atomic E-state index is 11.6. The van der Waals surface area contributed by atoms with Crippen LogP contribution in [-0.4, -0.2) is 52.1 Å². The van der Waals surface area contributed by atoms with E-state index in [0.717, 1.165) is 51.4 Å². The monoisotopic (exact) mass is 376 g/mol. The summed E-state index contributed by atoms with van der Waals surface area (Å²) in [6, 6.07) is 0.324. The van der Waals surface area contributed by atoms with Gasteiger partial charge in [0, 0.05) is 6.61 Å². The molecule has 2 aromatic rings. The molecule has 0 spiro atoms. The molecule has 0 unspecified atom stereocenters. The van der Waals surface area contributed by atoms with E-state index in [4.69, 9.17) is 4.74 Å². The van der Waals surface area contributed by atoms with Gasteiger partial charge in [0.05, 0.1) is 12.1 Å². The smallest absolute Gasteiger partial charge is 0.294 e. The van der Waals surface area contributed by atoms with Gasteiger partial charge in [-0.05, 0) is 53.5 Å². The Morgan fingerprint density at radius 1 is 0.852 bits per heavy atom. The topological polar surface area (TPSA) is 117 Å². The molecule has 0 amide bonds. The zero-order valence-electron chi connectivity index (χ0n) is 15.9. The van der Waals surface area contributed by atoms with E-state index in [1.54, 1.807) is 9.36 Å². The molecule has 27 heavy (non-hydrogen) atoms. The first kappa shape index (κ1) is 18.4. The van der Waals surface area contributed by atoms with Crippen molar-refractivity contribution >= 4 is 0 Å². The Kier molecular flexibility index (Phi) is 5.44. The van der Waals surface area contributed by atoms with E-state index in [1.165, 1.54) is 12.8 Å². The molecule has 0 bridgehead atoms. The second-order valence-electron chi connectivity index (χ2n) is 7.55. The van der Waals surface area contributed by atoms with E-state index in [2.05, 4.69) is 31.1 Å². The molecule has 2 saturated carbocycles. The third-order valence-electron chi connectivity index (χ3n) is 5.79. The number of hydrogen-bond acceptors (Lipinski definition) is 8. The third kappa shape index (κ3) is 3.47. The van der Waals surface area contributed by atoms with Gasteiger partial charge in [-0.15, -0.1) is 10.2 Å². The highest BCUT2D eigenvalue weighted by Crippen LogP contribution is 2.36. The molecule has 4 rings (SSSR count). The minimum Gasteiger partial charge on any atom is -0.353 e. The summed E-state index contributed by atoms with van der Waals surface area (Å²) < 4.78 is 9.24. The van der Waals surface area contributed by atoms with Crippen molar-refractivity contribution in [2.45, 2.75) is 89.0 Å². The first-order chi connectivity index (χ1) is 13.2. The van der Waals surface area contributed by atoms with Gasteiger partial charge in [-0.3, -0.25) is 0 Å². The SMILES string of the molecule is CCOC(O)(c1nnnn1C1CCCCC1)c1nnnn1C1CCCCC1. The molecule has 0 aromatic carbocycles. The maximum Gasteiger partial charge on any atom is 0.294 e. The van der Waals surface area contributed by atoms with Crippen LogP contribution >= 0.6 is 0 Å². The summed E-state index contributed by atoms with van der Waals surface area (Å²) in [6.07, 6.45) is 11.0. The Balaban J connectivity index is 1.72. The standard InChI is InChI=1S/C17H28N8O2/c1-2-27-17(26,15-18-20-22-24(15)13-9-5-3-6-10-13)16-19-21-23-25(16)14-11-7-4-8-12-14/h13-14,26H,2-12H2,1H3. The number of aliphatic hydroxyl groups is 1. The van der Waals surface area contributed by atoms with Crippen molar-refractivity contribution < 1.29 is 9.84 Å². The highest BCUT2D eigenvalue weighted by atomic mass is 16.6. The normalized spacial score (nSPS) is 20.2.